The molecule has 7 nitrogen and oxygen atoms in total. The smallest absolute Gasteiger partial charge is 0.230 e. The molecule has 4 aromatic rings. The molecule has 166 valence electrons. The summed E-state index contributed by atoms with van der Waals surface area (Å²) in [5.74, 6) is 1.26. The number of fused-ring (bicyclic) bond motifs is 2. The average Bonchev–Trinajstić information content (AvgIpc) is 3.22. The molecule has 0 fully saturated rings. The quantitative estimate of drug-likeness (QED) is 0.438. The van der Waals surface area contributed by atoms with Crippen molar-refractivity contribution >= 4 is 28.3 Å². The van der Waals surface area contributed by atoms with Crippen molar-refractivity contribution in [1.29, 1.82) is 0 Å². The Morgan fingerprint density at radius 3 is 2.48 bits per heavy atom. The van der Waals surface area contributed by atoms with Gasteiger partial charge in [-0.1, -0.05) is 24.3 Å². The van der Waals surface area contributed by atoms with Crippen LogP contribution in [0.4, 0.5) is 5.69 Å². The lowest BCUT2D eigenvalue weighted by Crippen LogP contribution is -2.17. The molecule has 1 N–H and O–H groups in total. The van der Waals surface area contributed by atoms with Crippen molar-refractivity contribution in [2.75, 3.05) is 25.6 Å². The Morgan fingerprint density at radius 2 is 1.70 bits per heavy atom. The van der Waals surface area contributed by atoms with E-state index in [0.717, 1.165) is 5.56 Å². The van der Waals surface area contributed by atoms with Crippen molar-refractivity contribution in [1.82, 2.24) is 0 Å². The second-order valence-electron chi connectivity index (χ2n) is 7.56. The third-order valence-electron chi connectivity index (χ3n) is 5.39. The van der Waals surface area contributed by atoms with Crippen LogP contribution >= 0.6 is 0 Å². The van der Waals surface area contributed by atoms with Crippen molar-refractivity contribution in [2.24, 2.45) is 0 Å². The van der Waals surface area contributed by atoms with Crippen LogP contribution in [0.5, 0.6) is 17.2 Å². The number of nitrogens with one attached hydrogen (secondary N) is 1. The predicted octanol–water partition coefficient (Wildman–Crippen LogP) is 4.62. The van der Waals surface area contributed by atoms with Gasteiger partial charge < -0.3 is 23.9 Å². The number of carbonyl (C=O) groups excluding carboxylic acids is 2. The van der Waals surface area contributed by atoms with Crippen LogP contribution in [0.25, 0.3) is 11.0 Å². The van der Waals surface area contributed by atoms with E-state index in [-0.39, 0.29) is 23.9 Å². The van der Waals surface area contributed by atoms with E-state index in [1.54, 1.807) is 43.5 Å². The molecule has 2 heterocycles. The van der Waals surface area contributed by atoms with Gasteiger partial charge in [-0.05, 0) is 48.0 Å². The standard InChI is InChI=1S/C26H21NO6/c1-30-18-9-6-16(7-10-18)14-23(28)27-24-19-4-2-3-5-20(19)33-26(24)25(29)17-8-11-21-22(15-17)32-13-12-31-21/h2-11,15H,12-14H2,1H3,(H,27,28). The number of ketones is 1. The number of amides is 1. The third-order valence-corrected chi connectivity index (χ3v) is 5.39. The average molecular weight is 443 g/mol. The predicted molar refractivity (Wildman–Crippen MR) is 122 cm³/mol. The number of hydrogen-bond acceptors (Lipinski definition) is 6. The third kappa shape index (κ3) is 4.13. The van der Waals surface area contributed by atoms with Gasteiger partial charge in [-0.3, -0.25) is 9.59 Å². The molecule has 1 aliphatic heterocycles. The highest BCUT2D eigenvalue weighted by molar-refractivity contribution is 6.17. The first-order valence-corrected chi connectivity index (χ1v) is 10.5. The van der Waals surface area contributed by atoms with Crippen LogP contribution in [-0.2, 0) is 11.2 Å². The zero-order chi connectivity index (χ0) is 22.8. The van der Waals surface area contributed by atoms with E-state index in [0.29, 0.717) is 52.7 Å². The molecule has 0 saturated heterocycles. The summed E-state index contributed by atoms with van der Waals surface area (Å²) in [5, 5.41) is 3.54. The number of ether oxygens (including phenoxy) is 3. The first kappa shape index (κ1) is 20.6. The van der Waals surface area contributed by atoms with E-state index in [1.165, 1.54) is 0 Å². The zero-order valence-electron chi connectivity index (χ0n) is 17.9. The molecule has 0 spiro atoms. The molecule has 0 saturated carbocycles. The summed E-state index contributed by atoms with van der Waals surface area (Å²) in [6.45, 7) is 0.885. The number of benzene rings is 3. The maximum atomic E-state index is 13.4. The molecular formula is C26H21NO6. The first-order valence-electron chi connectivity index (χ1n) is 10.5. The van der Waals surface area contributed by atoms with Gasteiger partial charge in [0.25, 0.3) is 0 Å². The number of methoxy groups -OCH3 is 1. The maximum absolute atomic E-state index is 13.4. The van der Waals surface area contributed by atoms with Crippen LogP contribution in [0.3, 0.4) is 0 Å². The second kappa shape index (κ2) is 8.70. The summed E-state index contributed by atoms with van der Waals surface area (Å²) in [7, 11) is 1.59. The van der Waals surface area contributed by atoms with Gasteiger partial charge in [-0.25, -0.2) is 0 Å². The molecule has 33 heavy (non-hydrogen) atoms. The molecule has 0 atom stereocenters. The molecule has 1 amide bonds. The van der Waals surface area contributed by atoms with Crippen molar-refractivity contribution in [3.05, 3.63) is 83.6 Å². The van der Waals surface area contributed by atoms with Gasteiger partial charge in [-0.2, -0.15) is 0 Å². The van der Waals surface area contributed by atoms with Gasteiger partial charge >= 0.3 is 0 Å². The number of para-hydroxylation sites is 1. The van der Waals surface area contributed by atoms with Crippen LogP contribution in [0.15, 0.2) is 71.1 Å². The van der Waals surface area contributed by atoms with E-state index in [4.69, 9.17) is 18.6 Å². The van der Waals surface area contributed by atoms with Crippen LogP contribution < -0.4 is 19.5 Å². The highest BCUT2D eigenvalue weighted by atomic mass is 16.6. The lowest BCUT2D eigenvalue weighted by molar-refractivity contribution is -0.115. The minimum atomic E-state index is -0.358. The first-order chi connectivity index (χ1) is 16.1. The molecule has 5 rings (SSSR count). The zero-order valence-corrected chi connectivity index (χ0v) is 17.9. The van der Waals surface area contributed by atoms with Crippen molar-refractivity contribution in [2.45, 2.75) is 6.42 Å². The van der Waals surface area contributed by atoms with Gasteiger partial charge in [0, 0.05) is 10.9 Å². The maximum Gasteiger partial charge on any atom is 0.230 e. The number of carbonyl (C=O) groups is 2. The highest BCUT2D eigenvalue weighted by Crippen LogP contribution is 2.35. The molecule has 1 aromatic heterocycles. The molecule has 0 unspecified atom stereocenters. The Balaban J connectivity index is 1.45. The Hall–Kier alpha value is -4.26. The number of furan rings is 1. The number of hydrogen-bond donors (Lipinski definition) is 1. The summed E-state index contributed by atoms with van der Waals surface area (Å²) >= 11 is 0. The summed E-state index contributed by atoms with van der Waals surface area (Å²) in [6.07, 6.45) is 0.140. The summed E-state index contributed by atoms with van der Waals surface area (Å²) in [5.41, 5.74) is 2.06. The Labute approximate surface area is 189 Å². The monoisotopic (exact) mass is 443 g/mol. The van der Waals surface area contributed by atoms with E-state index < -0.39 is 0 Å². The Morgan fingerprint density at radius 1 is 0.939 bits per heavy atom. The van der Waals surface area contributed by atoms with E-state index in [2.05, 4.69) is 5.32 Å². The number of rotatable bonds is 6. The van der Waals surface area contributed by atoms with Gasteiger partial charge in [0.1, 0.15) is 24.5 Å². The summed E-state index contributed by atoms with van der Waals surface area (Å²) in [4.78, 5) is 26.2. The molecule has 0 bridgehead atoms. The van der Waals surface area contributed by atoms with Crippen molar-refractivity contribution in [3.63, 3.8) is 0 Å². The largest absolute Gasteiger partial charge is 0.497 e. The molecule has 7 heteroatoms. The fourth-order valence-electron chi connectivity index (χ4n) is 3.76. The molecular weight excluding hydrogens is 422 g/mol. The van der Waals surface area contributed by atoms with E-state index in [9.17, 15) is 9.59 Å². The van der Waals surface area contributed by atoms with Crippen LogP contribution in [0.2, 0.25) is 0 Å². The molecule has 1 aliphatic rings. The number of anilines is 1. The fourth-order valence-corrected chi connectivity index (χ4v) is 3.76. The summed E-state index contributed by atoms with van der Waals surface area (Å²) < 4.78 is 22.2. The van der Waals surface area contributed by atoms with E-state index in [1.807, 2.05) is 30.3 Å². The lowest BCUT2D eigenvalue weighted by atomic mass is 10.1. The van der Waals surface area contributed by atoms with Gasteiger partial charge in [0.05, 0.1) is 19.2 Å². The lowest BCUT2D eigenvalue weighted by Gasteiger charge is -2.18. The molecule has 0 radical (unpaired) electrons. The minimum Gasteiger partial charge on any atom is -0.497 e. The normalized spacial score (nSPS) is 12.4. The highest BCUT2D eigenvalue weighted by Gasteiger charge is 2.25. The molecule has 0 aliphatic carbocycles. The second-order valence-corrected chi connectivity index (χ2v) is 7.56. The van der Waals surface area contributed by atoms with Crippen LogP contribution in [0.1, 0.15) is 21.7 Å². The van der Waals surface area contributed by atoms with Gasteiger partial charge in [0.15, 0.2) is 17.3 Å². The Bertz CT molecular complexity index is 1340. The topological polar surface area (TPSA) is 87.0 Å². The van der Waals surface area contributed by atoms with Crippen molar-refractivity contribution < 1.29 is 28.2 Å². The van der Waals surface area contributed by atoms with Crippen LogP contribution in [0, 0.1) is 0 Å². The van der Waals surface area contributed by atoms with E-state index >= 15 is 0 Å². The molecule has 3 aromatic carbocycles. The minimum absolute atomic E-state index is 0.0657. The Kier molecular flexibility index (Phi) is 5.44. The van der Waals surface area contributed by atoms with Gasteiger partial charge in [-0.15, -0.1) is 0 Å². The van der Waals surface area contributed by atoms with Gasteiger partial charge in [0.2, 0.25) is 11.7 Å². The van der Waals surface area contributed by atoms with Crippen molar-refractivity contribution in [3.8, 4) is 17.2 Å². The SMILES string of the molecule is COc1ccc(CC(=O)Nc2c(C(=O)c3ccc4c(c3)OCCO4)oc3ccccc23)cc1. The van der Waals surface area contributed by atoms with Crippen LogP contribution in [-0.4, -0.2) is 32.0 Å². The fraction of sp³-hybridized carbons (Fsp3) is 0.154. The summed E-state index contributed by atoms with van der Waals surface area (Å²) in [6, 6.07) is 19.4.